The van der Waals surface area contributed by atoms with Gasteiger partial charge < -0.3 is 20.5 Å². The Morgan fingerprint density at radius 2 is 2.10 bits per heavy atom. The van der Waals surface area contributed by atoms with E-state index in [4.69, 9.17) is 9.84 Å². The van der Waals surface area contributed by atoms with Gasteiger partial charge in [-0.2, -0.15) is 0 Å². The number of carbonyl (C=O) groups is 2. The number of hydrogen-bond donors (Lipinski definition) is 3. The molecule has 2 aliphatic rings. The Kier molecular flexibility index (Phi) is 5.45. The van der Waals surface area contributed by atoms with E-state index >= 15 is 0 Å². The summed E-state index contributed by atoms with van der Waals surface area (Å²) in [6, 6.07) is -0.109. The second-order valence-electron chi connectivity index (χ2n) is 6.66. The zero-order valence-electron chi connectivity index (χ0n) is 12.8. The lowest BCUT2D eigenvalue weighted by Gasteiger charge is -2.22. The molecule has 120 valence electrons. The van der Waals surface area contributed by atoms with Crippen molar-refractivity contribution in [2.45, 2.75) is 64.2 Å². The summed E-state index contributed by atoms with van der Waals surface area (Å²) in [4.78, 5) is 22.8. The van der Waals surface area contributed by atoms with Crippen molar-refractivity contribution < 1.29 is 19.4 Å². The summed E-state index contributed by atoms with van der Waals surface area (Å²) in [6.45, 7) is 4.51. The number of aliphatic carboxylic acids is 1. The second-order valence-corrected chi connectivity index (χ2v) is 6.66. The molecule has 0 aromatic carbocycles. The fourth-order valence-corrected chi connectivity index (χ4v) is 3.40. The minimum Gasteiger partial charge on any atom is -0.481 e. The molecule has 2 fully saturated rings. The first-order valence-corrected chi connectivity index (χ1v) is 7.85. The van der Waals surface area contributed by atoms with Gasteiger partial charge in [0.25, 0.3) is 0 Å². The highest BCUT2D eigenvalue weighted by Crippen LogP contribution is 2.34. The van der Waals surface area contributed by atoms with Gasteiger partial charge in [-0.05, 0) is 37.5 Å². The Bertz CT molecular complexity index is 386. The van der Waals surface area contributed by atoms with Gasteiger partial charge in [0.05, 0.1) is 18.2 Å². The largest absolute Gasteiger partial charge is 0.481 e. The van der Waals surface area contributed by atoms with Gasteiger partial charge in [-0.3, -0.25) is 4.79 Å². The molecule has 6 nitrogen and oxygen atoms in total. The molecule has 2 amide bonds. The van der Waals surface area contributed by atoms with Crippen molar-refractivity contribution in [2.24, 2.45) is 11.8 Å². The van der Waals surface area contributed by atoms with E-state index in [9.17, 15) is 9.59 Å². The van der Waals surface area contributed by atoms with Crippen molar-refractivity contribution in [1.29, 1.82) is 0 Å². The van der Waals surface area contributed by atoms with Crippen LogP contribution >= 0.6 is 0 Å². The van der Waals surface area contributed by atoms with Crippen LogP contribution in [0.1, 0.15) is 46.0 Å². The molecule has 4 atom stereocenters. The Morgan fingerprint density at radius 1 is 1.33 bits per heavy atom. The molecule has 2 saturated heterocycles. The molecule has 2 rings (SSSR count). The first-order valence-electron chi connectivity index (χ1n) is 7.85. The zero-order chi connectivity index (χ0) is 15.4. The number of hydrogen-bond acceptors (Lipinski definition) is 3. The predicted molar refractivity (Wildman–Crippen MR) is 78.0 cm³/mol. The van der Waals surface area contributed by atoms with Crippen LogP contribution in [-0.2, 0) is 9.53 Å². The summed E-state index contributed by atoms with van der Waals surface area (Å²) < 4.78 is 5.70. The zero-order valence-corrected chi connectivity index (χ0v) is 12.8. The van der Waals surface area contributed by atoms with Gasteiger partial charge in [0, 0.05) is 13.0 Å². The van der Waals surface area contributed by atoms with Crippen molar-refractivity contribution in [3.63, 3.8) is 0 Å². The van der Waals surface area contributed by atoms with Crippen molar-refractivity contribution >= 4 is 12.0 Å². The number of carboxylic acid groups (broad SMARTS) is 1. The lowest BCUT2D eigenvalue weighted by atomic mass is 9.94. The minimum atomic E-state index is -0.815. The highest BCUT2D eigenvalue weighted by atomic mass is 16.5. The van der Waals surface area contributed by atoms with E-state index in [1.165, 1.54) is 0 Å². The fourth-order valence-electron chi connectivity index (χ4n) is 3.40. The minimum absolute atomic E-state index is 0.0236. The molecule has 21 heavy (non-hydrogen) atoms. The third kappa shape index (κ3) is 4.88. The summed E-state index contributed by atoms with van der Waals surface area (Å²) >= 11 is 0. The van der Waals surface area contributed by atoms with E-state index in [0.29, 0.717) is 18.6 Å². The van der Waals surface area contributed by atoms with Crippen molar-refractivity contribution in [2.75, 3.05) is 6.54 Å². The molecule has 2 heterocycles. The van der Waals surface area contributed by atoms with Crippen molar-refractivity contribution in [3.05, 3.63) is 0 Å². The van der Waals surface area contributed by atoms with Gasteiger partial charge >= 0.3 is 12.0 Å². The first kappa shape index (κ1) is 16.1. The molecule has 0 radical (unpaired) electrons. The van der Waals surface area contributed by atoms with Crippen LogP contribution in [0, 0.1) is 11.8 Å². The number of carboxylic acids is 1. The molecule has 4 unspecified atom stereocenters. The van der Waals surface area contributed by atoms with Gasteiger partial charge in [-0.1, -0.05) is 13.8 Å². The molecule has 0 saturated carbocycles. The van der Waals surface area contributed by atoms with Crippen molar-refractivity contribution in [1.82, 2.24) is 10.6 Å². The van der Waals surface area contributed by atoms with Gasteiger partial charge in [0.1, 0.15) is 0 Å². The fraction of sp³-hybridized carbons (Fsp3) is 0.867. The SMILES string of the molecule is CC(C)CC(CNC(=O)NC1CC2CCC1O2)CC(=O)O. The number of carbonyl (C=O) groups excluding carboxylic acids is 1. The standard InChI is InChI=1S/C15H26N2O4/c1-9(2)5-10(6-14(18)19)8-16-15(20)17-12-7-11-3-4-13(12)21-11/h9-13H,3-8H2,1-2H3,(H,18,19)(H2,16,17,20). The summed E-state index contributed by atoms with van der Waals surface area (Å²) in [5.74, 6) is -0.424. The van der Waals surface area contributed by atoms with E-state index in [2.05, 4.69) is 24.5 Å². The molecule has 0 aromatic rings. The van der Waals surface area contributed by atoms with E-state index in [-0.39, 0.29) is 30.5 Å². The maximum atomic E-state index is 11.9. The summed E-state index contributed by atoms with van der Waals surface area (Å²) in [6.07, 6.45) is 4.36. The highest BCUT2D eigenvalue weighted by molar-refractivity contribution is 5.74. The molecule has 2 bridgehead atoms. The molecule has 2 aliphatic heterocycles. The maximum Gasteiger partial charge on any atom is 0.315 e. The number of fused-ring (bicyclic) bond motifs is 2. The summed E-state index contributed by atoms with van der Waals surface area (Å²) in [7, 11) is 0. The van der Waals surface area contributed by atoms with Crippen LogP contribution in [0.2, 0.25) is 0 Å². The Hall–Kier alpha value is -1.30. The summed E-state index contributed by atoms with van der Waals surface area (Å²) in [5, 5.41) is 14.7. The third-order valence-corrected chi connectivity index (χ3v) is 4.24. The molecule has 0 aliphatic carbocycles. The molecular formula is C15H26N2O4. The van der Waals surface area contributed by atoms with Crippen LogP contribution in [-0.4, -0.2) is 41.9 Å². The van der Waals surface area contributed by atoms with Crippen LogP contribution in [0.4, 0.5) is 4.79 Å². The lowest BCUT2D eigenvalue weighted by molar-refractivity contribution is -0.138. The van der Waals surface area contributed by atoms with Crippen molar-refractivity contribution in [3.8, 4) is 0 Å². The van der Waals surface area contributed by atoms with Gasteiger partial charge in [-0.15, -0.1) is 0 Å². The van der Waals surface area contributed by atoms with Gasteiger partial charge in [0.15, 0.2) is 0 Å². The number of urea groups is 1. The molecule has 0 aromatic heterocycles. The average molecular weight is 298 g/mol. The Labute approximate surface area is 125 Å². The highest BCUT2D eigenvalue weighted by Gasteiger charge is 2.41. The normalized spacial score (nSPS) is 28.6. The van der Waals surface area contributed by atoms with E-state index < -0.39 is 5.97 Å². The quantitative estimate of drug-likeness (QED) is 0.668. The Morgan fingerprint density at radius 3 is 2.62 bits per heavy atom. The van der Waals surface area contributed by atoms with E-state index in [1.54, 1.807) is 0 Å². The van der Waals surface area contributed by atoms with Crippen LogP contribution in [0.15, 0.2) is 0 Å². The Balaban J connectivity index is 1.72. The predicted octanol–water partition coefficient (Wildman–Crippen LogP) is 1.74. The topological polar surface area (TPSA) is 87.7 Å². The maximum absolute atomic E-state index is 11.9. The van der Waals surface area contributed by atoms with Crippen LogP contribution in [0.3, 0.4) is 0 Å². The first-order chi connectivity index (χ1) is 9.94. The number of amides is 2. The van der Waals surface area contributed by atoms with Crippen LogP contribution in [0.25, 0.3) is 0 Å². The molecule has 0 spiro atoms. The smallest absolute Gasteiger partial charge is 0.315 e. The molecule has 3 N–H and O–H groups in total. The monoisotopic (exact) mass is 298 g/mol. The molecular weight excluding hydrogens is 272 g/mol. The molecule has 6 heteroatoms. The average Bonchev–Trinajstić information content (AvgIpc) is 2.96. The van der Waals surface area contributed by atoms with E-state index in [0.717, 1.165) is 25.7 Å². The second kappa shape index (κ2) is 7.11. The third-order valence-electron chi connectivity index (χ3n) is 4.24. The summed E-state index contributed by atoms with van der Waals surface area (Å²) in [5.41, 5.74) is 0. The van der Waals surface area contributed by atoms with Gasteiger partial charge in [0.2, 0.25) is 0 Å². The number of rotatable bonds is 7. The van der Waals surface area contributed by atoms with E-state index in [1.807, 2.05) is 0 Å². The van der Waals surface area contributed by atoms with Crippen LogP contribution < -0.4 is 10.6 Å². The van der Waals surface area contributed by atoms with Gasteiger partial charge in [-0.25, -0.2) is 4.79 Å². The number of nitrogens with one attached hydrogen (secondary N) is 2. The number of ether oxygens (including phenoxy) is 1. The van der Waals surface area contributed by atoms with Crippen LogP contribution in [0.5, 0.6) is 0 Å². The lowest BCUT2D eigenvalue weighted by Crippen LogP contribution is -2.47.